The van der Waals surface area contributed by atoms with Crippen molar-refractivity contribution < 1.29 is 9.53 Å². The Bertz CT molecular complexity index is 244. The first kappa shape index (κ1) is 16.1. The summed E-state index contributed by atoms with van der Waals surface area (Å²) in [5.74, 6) is 3.31. The first-order valence-corrected chi connectivity index (χ1v) is 7.67. The van der Waals surface area contributed by atoms with Crippen LogP contribution in [0.2, 0.25) is 0 Å². The molecular weight excluding hydrogens is 272 g/mol. The number of rotatable bonds is 4. The van der Waals surface area contributed by atoms with Crippen LogP contribution in [0.15, 0.2) is 0 Å². The molecule has 4 nitrogen and oxygen atoms in total. The van der Waals surface area contributed by atoms with Gasteiger partial charge in [0, 0.05) is 19.6 Å². The van der Waals surface area contributed by atoms with Gasteiger partial charge in [-0.05, 0) is 30.3 Å². The third-order valence-corrected chi connectivity index (χ3v) is 4.40. The first-order chi connectivity index (χ1) is 8.34. The average Bonchev–Trinajstić information content (AvgIpc) is 2.39. The molecule has 2 fully saturated rings. The number of amides is 1. The van der Waals surface area contributed by atoms with Gasteiger partial charge in [0.2, 0.25) is 5.91 Å². The van der Waals surface area contributed by atoms with Gasteiger partial charge in [-0.1, -0.05) is 0 Å². The van der Waals surface area contributed by atoms with Gasteiger partial charge in [0.1, 0.15) is 0 Å². The summed E-state index contributed by atoms with van der Waals surface area (Å²) in [5, 5.41) is 6.28. The molecule has 2 aliphatic heterocycles. The fourth-order valence-corrected chi connectivity index (χ4v) is 3.44. The van der Waals surface area contributed by atoms with E-state index in [9.17, 15) is 4.79 Å². The molecule has 0 bridgehead atoms. The Morgan fingerprint density at radius 2 is 2.17 bits per heavy atom. The van der Waals surface area contributed by atoms with E-state index >= 15 is 0 Å². The summed E-state index contributed by atoms with van der Waals surface area (Å²) in [6.07, 6.45) is 3.04. The molecule has 0 aromatic heterocycles. The molecule has 0 aromatic rings. The lowest BCUT2D eigenvalue weighted by molar-refractivity contribution is -0.124. The summed E-state index contributed by atoms with van der Waals surface area (Å²) in [5.41, 5.74) is 0. The van der Waals surface area contributed by atoms with Gasteiger partial charge in [-0.2, -0.15) is 11.8 Å². The van der Waals surface area contributed by atoms with Crippen LogP contribution in [0.1, 0.15) is 19.3 Å². The monoisotopic (exact) mass is 294 g/mol. The topological polar surface area (TPSA) is 50.4 Å². The van der Waals surface area contributed by atoms with Crippen molar-refractivity contribution in [3.05, 3.63) is 0 Å². The predicted molar refractivity (Wildman–Crippen MR) is 77.5 cm³/mol. The average molecular weight is 295 g/mol. The number of hydrogen-bond acceptors (Lipinski definition) is 4. The van der Waals surface area contributed by atoms with Gasteiger partial charge >= 0.3 is 0 Å². The van der Waals surface area contributed by atoms with E-state index in [0.717, 1.165) is 26.2 Å². The van der Waals surface area contributed by atoms with Crippen molar-refractivity contribution in [3.8, 4) is 0 Å². The van der Waals surface area contributed by atoms with Crippen molar-refractivity contribution in [2.24, 2.45) is 5.92 Å². The van der Waals surface area contributed by atoms with Crippen molar-refractivity contribution in [1.82, 2.24) is 10.6 Å². The Hall–Kier alpha value is 0.0300. The number of hydrogen-bond donors (Lipinski definition) is 2. The smallest absolute Gasteiger partial charge is 0.222 e. The van der Waals surface area contributed by atoms with Crippen molar-refractivity contribution in [1.29, 1.82) is 0 Å². The largest absolute Gasteiger partial charge is 0.375 e. The Balaban J connectivity index is 0.00000162. The molecule has 2 heterocycles. The van der Waals surface area contributed by atoms with Gasteiger partial charge < -0.3 is 15.4 Å². The summed E-state index contributed by atoms with van der Waals surface area (Å²) < 4.78 is 5.51. The highest BCUT2D eigenvalue weighted by atomic mass is 35.5. The van der Waals surface area contributed by atoms with E-state index in [1.807, 2.05) is 11.8 Å². The molecule has 0 aliphatic carbocycles. The maximum atomic E-state index is 11.7. The van der Waals surface area contributed by atoms with Crippen LogP contribution in [0, 0.1) is 5.92 Å². The Morgan fingerprint density at radius 1 is 1.39 bits per heavy atom. The van der Waals surface area contributed by atoms with Crippen LogP contribution in [-0.4, -0.2) is 49.8 Å². The van der Waals surface area contributed by atoms with Crippen LogP contribution in [0.3, 0.4) is 0 Å². The number of nitrogens with one attached hydrogen (secondary N) is 2. The van der Waals surface area contributed by atoms with E-state index < -0.39 is 0 Å². The second-order valence-corrected chi connectivity index (χ2v) is 5.99. The summed E-state index contributed by atoms with van der Waals surface area (Å²) >= 11 is 2.02. The minimum atomic E-state index is 0. The van der Waals surface area contributed by atoms with Gasteiger partial charge in [-0.25, -0.2) is 0 Å². The molecule has 2 N–H and O–H groups in total. The maximum Gasteiger partial charge on any atom is 0.222 e. The lowest BCUT2D eigenvalue weighted by atomic mass is 10.0. The summed E-state index contributed by atoms with van der Waals surface area (Å²) in [7, 11) is 0. The van der Waals surface area contributed by atoms with Gasteiger partial charge in [-0.15, -0.1) is 12.4 Å². The first-order valence-electron chi connectivity index (χ1n) is 6.51. The van der Waals surface area contributed by atoms with Gasteiger partial charge in [0.15, 0.2) is 0 Å². The number of halogens is 1. The number of ether oxygens (including phenoxy) is 1. The normalized spacial score (nSPS) is 25.2. The number of thioether (sulfide) groups is 1. The van der Waals surface area contributed by atoms with Crippen LogP contribution in [-0.2, 0) is 9.53 Å². The fraction of sp³-hybridized carbons (Fsp3) is 0.917. The molecule has 18 heavy (non-hydrogen) atoms. The maximum absolute atomic E-state index is 11.7. The van der Waals surface area contributed by atoms with E-state index in [0.29, 0.717) is 12.3 Å². The summed E-state index contributed by atoms with van der Waals surface area (Å²) in [6.45, 7) is 3.27. The van der Waals surface area contributed by atoms with Crippen LogP contribution in [0.4, 0.5) is 0 Å². The van der Waals surface area contributed by atoms with E-state index in [1.165, 1.54) is 24.3 Å². The Labute approximate surface area is 119 Å². The van der Waals surface area contributed by atoms with Crippen molar-refractivity contribution in [3.63, 3.8) is 0 Å². The fourth-order valence-electron chi connectivity index (χ4n) is 2.24. The highest BCUT2D eigenvalue weighted by Gasteiger charge is 2.19. The second-order valence-electron chi connectivity index (χ2n) is 4.76. The molecule has 106 valence electrons. The number of carbonyl (C=O) groups is 1. The third kappa shape index (κ3) is 5.78. The molecule has 6 heteroatoms. The Kier molecular flexibility index (Phi) is 8.06. The molecule has 0 saturated carbocycles. The molecule has 1 amide bonds. The molecular formula is C12H23ClN2O2S. The second kappa shape index (κ2) is 9.02. The molecule has 1 atom stereocenters. The minimum Gasteiger partial charge on any atom is -0.375 e. The highest BCUT2D eigenvalue weighted by Crippen LogP contribution is 2.21. The number of carbonyl (C=O) groups excluding carboxylic acids is 1. The van der Waals surface area contributed by atoms with E-state index in [1.54, 1.807) is 0 Å². The van der Waals surface area contributed by atoms with E-state index in [-0.39, 0.29) is 24.4 Å². The Morgan fingerprint density at radius 3 is 2.83 bits per heavy atom. The standard InChI is InChI=1S/C12H22N2O2S.ClH/c15-12(7-11-9-13-3-4-16-11)14-8-10-1-5-17-6-2-10;/h10-11,13H,1-9H2,(H,14,15);1H. The third-order valence-electron chi connectivity index (χ3n) is 3.35. The van der Waals surface area contributed by atoms with Crippen molar-refractivity contribution >= 4 is 30.1 Å². The van der Waals surface area contributed by atoms with Gasteiger partial charge in [0.05, 0.1) is 19.1 Å². The van der Waals surface area contributed by atoms with Crippen molar-refractivity contribution in [2.45, 2.75) is 25.4 Å². The SMILES string of the molecule is Cl.O=C(CC1CNCCO1)NCC1CCSCC1. The van der Waals surface area contributed by atoms with Crippen LogP contribution in [0.5, 0.6) is 0 Å². The zero-order valence-electron chi connectivity index (χ0n) is 10.7. The summed E-state index contributed by atoms with van der Waals surface area (Å²) in [6, 6.07) is 0. The molecule has 1 unspecified atom stereocenters. The van der Waals surface area contributed by atoms with Crippen molar-refractivity contribution in [2.75, 3.05) is 37.7 Å². The van der Waals surface area contributed by atoms with Gasteiger partial charge in [-0.3, -0.25) is 4.79 Å². The molecule has 2 aliphatic rings. The molecule has 0 aromatic carbocycles. The van der Waals surface area contributed by atoms with Crippen LogP contribution in [0.25, 0.3) is 0 Å². The van der Waals surface area contributed by atoms with Gasteiger partial charge in [0.25, 0.3) is 0 Å². The highest BCUT2D eigenvalue weighted by molar-refractivity contribution is 7.99. The zero-order chi connectivity index (χ0) is 11.9. The molecule has 2 saturated heterocycles. The van der Waals surface area contributed by atoms with E-state index in [4.69, 9.17) is 4.74 Å². The van der Waals surface area contributed by atoms with Crippen LogP contribution >= 0.6 is 24.2 Å². The minimum absolute atomic E-state index is 0. The van der Waals surface area contributed by atoms with Crippen LogP contribution < -0.4 is 10.6 Å². The summed E-state index contributed by atoms with van der Waals surface area (Å²) in [4.78, 5) is 11.7. The van der Waals surface area contributed by atoms with E-state index in [2.05, 4.69) is 10.6 Å². The number of morpholine rings is 1. The molecule has 0 spiro atoms. The molecule has 0 radical (unpaired) electrons. The predicted octanol–water partition coefficient (Wildman–Crippen LogP) is 1.05. The lowest BCUT2D eigenvalue weighted by Crippen LogP contribution is -2.42. The lowest BCUT2D eigenvalue weighted by Gasteiger charge is -2.24. The molecule has 2 rings (SSSR count). The zero-order valence-corrected chi connectivity index (χ0v) is 12.3. The quantitative estimate of drug-likeness (QED) is 0.814.